The van der Waals surface area contributed by atoms with Crippen LogP contribution in [-0.2, 0) is 4.79 Å². The number of rotatable bonds is 8. The van der Waals surface area contributed by atoms with Crippen LogP contribution in [0.25, 0.3) is 0 Å². The zero-order chi connectivity index (χ0) is 12.5. The van der Waals surface area contributed by atoms with Crippen molar-refractivity contribution in [1.29, 1.82) is 0 Å². The number of amides is 1. The van der Waals surface area contributed by atoms with Gasteiger partial charge in [0.1, 0.15) is 0 Å². The Morgan fingerprint density at radius 3 is 2.56 bits per heavy atom. The highest BCUT2D eigenvalue weighted by Crippen LogP contribution is 2.12. The molecule has 1 heterocycles. The first-order valence-electron chi connectivity index (χ1n) is 6.48. The molecule has 18 heavy (non-hydrogen) atoms. The monoisotopic (exact) mass is 272 g/mol. The molecule has 3 nitrogen and oxygen atoms in total. The number of nitrogens with one attached hydrogen (secondary N) is 2. The highest BCUT2D eigenvalue weighted by atomic mass is 35.5. The van der Waals surface area contributed by atoms with Gasteiger partial charge in [-0.3, -0.25) is 4.79 Å². The van der Waals surface area contributed by atoms with E-state index in [-0.39, 0.29) is 24.2 Å². The Kier molecular flexibility index (Phi) is 9.70. The van der Waals surface area contributed by atoms with Gasteiger partial charge in [-0.15, -0.1) is 25.6 Å². The van der Waals surface area contributed by atoms with Gasteiger partial charge in [0, 0.05) is 12.5 Å². The molecule has 4 heteroatoms. The van der Waals surface area contributed by atoms with Crippen LogP contribution in [0.3, 0.4) is 0 Å². The zero-order valence-electron chi connectivity index (χ0n) is 11.0. The van der Waals surface area contributed by atoms with Gasteiger partial charge in [-0.25, -0.2) is 0 Å². The summed E-state index contributed by atoms with van der Waals surface area (Å²) in [6.07, 6.45) is 7.36. The van der Waals surface area contributed by atoms with Crippen molar-refractivity contribution in [3.63, 3.8) is 0 Å². The molecular formula is C14H25ClN2O. The normalized spacial score (nSPS) is 18.2. The van der Waals surface area contributed by atoms with Crippen molar-refractivity contribution in [2.75, 3.05) is 19.6 Å². The Bertz CT molecular complexity index is 253. The SMILES string of the molecule is C=CCC(CC=C)C(=O)NCCC1CCNC1.Cl. The minimum Gasteiger partial charge on any atom is -0.356 e. The van der Waals surface area contributed by atoms with E-state index in [2.05, 4.69) is 23.8 Å². The summed E-state index contributed by atoms with van der Waals surface area (Å²) in [5, 5.41) is 6.35. The first-order valence-corrected chi connectivity index (χ1v) is 6.48. The second-order valence-corrected chi connectivity index (χ2v) is 4.68. The largest absolute Gasteiger partial charge is 0.356 e. The molecule has 0 radical (unpaired) electrons. The highest BCUT2D eigenvalue weighted by Gasteiger charge is 2.17. The van der Waals surface area contributed by atoms with Crippen LogP contribution in [0.5, 0.6) is 0 Å². The highest BCUT2D eigenvalue weighted by molar-refractivity contribution is 5.85. The molecule has 1 atom stereocenters. The Hall–Kier alpha value is -0.800. The fraction of sp³-hybridized carbons (Fsp3) is 0.643. The van der Waals surface area contributed by atoms with Gasteiger partial charge in [0.2, 0.25) is 5.91 Å². The zero-order valence-corrected chi connectivity index (χ0v) is 11.8. The number of hydrogen-bond acceptors (Lipinski definition) is 2. The van der Waals surface area contributed by atoms with E-state index < -0.39 is 0 Å². The van der Waals surface area contributed by atoms with E-state index in [0.29, 0.717) is 0 Å². The molecule has 0 spiro atoms. The van der Waals surface area contributed by atoms with E-state index in [9.17, 15) is 4.79 Å². The van der Waals surface area contributed by atoms with E-state index in [4.69, 9.17) is 0 Å². The van der Waals surface area contributed by atoms with Crippen LogP contribution < -0.4 is 10.6 Å². The second kappa shape index (κ2) is 10.2. The van der Waals surface area contributed by atoms with Crippen molar-refractivity contribution >= 4 is 18.3 Å². The van der Waals surface area contributed by atoms with Crippen LogP contribution in [0.2, 0.25) is 0 Å². The smallest absolute Gasteiger partial charge is 0.223 e. The topological polar surface area (TPSA) is 41.1 Å². The minimum absolute atomic E-state index is 0. The van der Waals surface area contributed by atoms with Gasteiger partial charge in [0.15, 0.2) is 0 Å². The quantitative estimate of drug-likeness (QED) is 0.666. The van der Waals surface area contributed by atoms with Crippen LogP contribution >= 0.6 is 12.4 Å². The Balaban J connectivity index is 0.00000289. The summed E-state index contributed by atoms with van der Waals surface area (Å²) < 4.78 is 0. The third-order valence-electron chi connectivity index (χ3n) is 3.29. The molecule has 1 unspecified atom stereocenters. The van der Waals surface area contributed by atoms with Crippen molar-refractivity contribution in [2.45, 2.75) is 25.7 Å². The Labute approximate surface area is 117 Å². The molecule has 0 aromatic carbocycles. The molecular weight excluding hydrogens is 248 g/mol. The molecule has 0 aromatic heterocycles. The van der Waals surface area contributed by atoms with Crippen molar-refractivity contribution in [1.82, 2.24) is 10.6 Å². The molecule has 1 rings (SSSR count). The van der Waals surface area contributed by atoms with Gasteiger partial charge in [0.05, 0.1) is 0 Å². The van der Waals surface area contributed by atoms with Crippen molar-refractivity contribution < 1.29 is 4.79 Å². The molecule has 1 aliphatic heterocycles. The number of carbonyl (C=O) groups is 1. The molecule has 0 aliphatic carbocycles. The summed E-state index contributed by atoms with van der Waals surface area (Å²) in [6.45, 7) is 10.4. The average Bonchev–Trinajstić information content (AvgIpc) is 2.81. The Morgan fingerprint density at radius 2 is 2.06 bits per heavy atom. The predicted octanol–water partition coefficient (Wildman–Crippen LogP) is 2.29. The Morgan fingerprint density at radius 1 is 1.39 bits per heavy atom. The van der Waals surface area contributed by atoms with E-state index in [1.165, 1.54) is 6.42 Å². The fourth-order valence-corrected chi connectivity index (χ4v) is 2.22. The van der Waals surface area contributed by atoms with Gasteiger partial charge < -0.3 is 10.6 Å². The number of halogens is 1. The van der Waals surface area contributed by atoms with Crippen LogP contribution in [0.4, 0.5) is 0 Å². The van der Waals surface area contributed by atoms with Crippen molar-refractivity contribution in [3.8, 4) is 0 Å². The minimum atomic E-state index is 0. The predicted molar refractivity (Wildman–Crippen MR) is 79.0 cm³/mol. The molecule has 1 fully saturated rings. The number of hydrogen-bond donors (Lipinski definition) is 2. The van der Waals surface area contributed by atoms with Gasteiger partial charge in [-0.2, -0.15) is 0 Å². The summed E-state index contributed by atoms with van der Waals surface area (Å²) >= 11 is 0. The first-order chi connectivity index (χ1) is 8.27. The number of allylic oxidation sites excluding steroid dienone is 2. The molecule has 0 aromatic rings. The van der Waals surface area contributed by atoms with E-state index in [1.54, 1.807) is 12.2 Å². The first kappa shape index (κ1) is 17.2. The molecule has 1 amide bonds. The molecule has 1 saturated heterocycles. The van der Waals surface area contributed by atoms with E-state index in [0.717, 1.165) is 44.8 Å². The van der Waals surface area contributed by atoms with Crippen molar-refractivity contribution in [2.24, 2.45) is 11.8 Å². The maximum atomic E-state index is 11.9. The van der Waals surface area contributed by atoms with Crippen molar-refractivity contribution in [3.05, 3.63) is 25.3 Å². The standard InChI is InChI=1S/C14H24N2O.ClH/c1-3-5-13(6-4-2)14(17)16-10-8-12-7-9-15-11-12;/h3-4,12-13,15H,1-2,5-11H2,(H,16,17);1H. The lowest BCUT2D eigenvalue weighted by molar-refractivity contribution is -0.124. The van der Waals surface area contributed by atoms with Crippen LogP contribution in [0.15, 0.2) is 25.3 Å². The lowest BCUT2D eigenvalue weighted by Gasteiger charge is -2.14. The molecule has 104 valence electrons. The van der Waals surface area contributed by atoms with E-state index in [1.807, 2.05) is 0 Å². The van der Waals surface area contributed by atoms with Gasteiger partial charge in [0.25, 0.3) is 0 Å². The lowest BCUT2D eigenvalue weighted by atomic mass is 10.00. The second-order valence-electron chi connectivity index (χ2n) is 4.68. The molecule has 1 aliphatic rings. The van der Waals surface area contributed by atoms with Gasteiger partial charge >= 0.3 is 0 Å². The third-order valence-corrected chi connectivity index (χ3v) is 3.29. The van der Waals surface area contributed by atoms with E-state index >= 15 is 0 Å². The maximum absolute atomic E-state index is 11.9. The summed E-state index contributed by atoms with van der Waals surface area (Å²) in [5.74, 6) is 0.870. The fourth-order valence-electron chi connectivity index (χ4n) is 2.22. The summed E-state index contributed by atoms with van der Waals surface area (Å²) in [6, 6.07) is 0. The summed E-state index contributed by atoms with van der Waals surface area (Å²) in [5.41, 5.74) is 0. The molecule has 0 bridgehead atoms. The molecule has 2 N–H and O–H groups in total. The molecule has 0 saturated carbocycles. The van der Waals surface area contributed by atoms with Crippen LogP contribution in [-0.4, -0.2) is 25.5 Å². The average molecular weight is 273 g/mol. The number of carbonyl (C=O) groups excluding carboxylic acids is 1. The van der Waals surface area contributed by atoms with Gasteiger partial charge in [-0.1, -0.05) is 12.2 Å². The van der Waals surface area contributed by atoms with Crippen LogP contribution in [0, 0.1) is 11.8 Å². The van der Waals surface area contributed by atoms with Gasteiger partial charge in [-0.05, 0) is 44.7 Å². The lowest BCUT2D eigenvalue weighted by Crippen LogP contribution is -2.32. The summed E-state index contributed by atoms with van der Waals surface area (Å²) in [7, 11) is 0. The van der Waals surface area contributed by atoms with Crippen LogP contribution in [0.1, 0.15) is 25.7 Å². The third kappa shape index (κ3) is 6.22. The maximum Gasteiger partial charge on any atom is 0.223 e. The summed E-state index contributed by atoms with van der Waals surface area (Å²) in [4.78, 5) is 11.9.